The molecule has 2 aromatic rings. The summed E-state index contributed by atoms with van der Waals surface area (Å²) >= 11 is 0. The van der Waals surface area contributed by atoms with Crippen LogP contribution in [0.1, 0.15) is 43.0 Å². The van der Waals surface area contributed by atoms with Crippen LogP contribution in [0.25, 0.3) is 0 Å². The van der Waals surface area contributed by atoms with E-state index in [2.05, 4.69) is 10.1 Å². The molecule has 3 rings (SSSR count). The Morgan fingerprint density at radius 1 is 1.22 bits per heavy atom. The Hall–Kier alpha value is -1.79. The molecular weight excluding hydrogens is 318 g/mol. The summed E-state index contributed by atoms with van der Waals surface area (Å²) in [7, 11) is 3.27. The van der Waals surface area contributed by atoms with E-state index in [4.69, 9.17) is 19.7 Å². The molecule has 7 heteroatoms. The first kappa shape index (κ1) is 17.6. The van der Waals surface area contributed by atoms with Crippen LogP contribution in [0.3, 0.4) is 0 Å². The quantitative estimate of drug-likeness (QED) is 0.901. The van der Waals surface area contributed by atoms with Gasteiger partial charge in [-0.3, -0.25) is 0 Å². The third-order valence-electron chi connectivity index (χ3n) is 4.24. The normalized spacial score (nSPS) is 16.0. The van der Waals surface area contributed by atoms with E-state index >= 15 is 0 Å². The van der Waals surface area contributed by atoms with Crippen LogP contribution in [0, 0.1) is 0 Å². The topological polar surface area (TPSA) is 83.4 Å². The summed E-state index contributed by atoms with van der Waals surface area (Å²) in [5.41, 5.74) is 6.87. The summed E-state index contributed by atoms with van der Waals surface area (Å²) in [6.07, 6.45) is 4.54. The summed E-state index contributed by atoms with van der Waals surface area (Å²) in [6.45, 7) is 0. The summed E-state index contributed by atoms with van der Waals surface area (Å²) in [5.74, 6) is 2.69. The van der Waals surface area contributed by atoms with E-state index in [1.165, 1.54) is 0 Å². The highest BCUT2D eigenvalue weighted by Crippen LogP contribution is 2.35. The Balaban J connectivity index is 0.00000192. The summed E-state index contributed by atoms with van der Waals surface area (Å²) in [5, 5.41) is 4.08. The van der Waals surface area contributed by atoms with Crippen molar-refractivity contribution in [3.8, 4) is 11.5 Å². The molecule has 1 aliphatic rings. The summed E-state index contributed by atoms with van der Waals surface area (Å²) < 4.78 is 16.0. The smallest absolute Gasteiger partial charge is 0.231 e. The predicted molar refractivity (Wildman–Crippen MR) is 88.2 cm³/mol. The molecule has 1 saturated carbocycles. The second-order valence-electron chi connectivity index (χ2n) is 5.73. The molecule has 2 N–H and O–H groups in total. The molecule has 1 aromatic carbocycles. The van der Waals surface area contributed by atoms with Crippen LogP contribution in [-0.4, -0.2) is 24.4 Å². The Kier molecular flexibility index (Phi) is 5.49. The molecule has 0 atom stereocenters. The van der Waals surface area contributed by atoms with Gasteiger partial charge in [-0.15, -0.1) is 12.4 Å². The molecule has 1 fully saturated rings. The lowest BCUT2D eigenvalue weighted by Gasteiger charge is -2.17. The van der Waals surface area contributed by atoms with Gasteiger partial charge < -0.3 is 19.7 Å². The monoisotopic (exact) mass is 339 g/mol. The van der Waals surface area contributed by atoms with Crippen molar-refractivity contribution in [1.82, 2.24) is 10.1 Å². The number of hydrogen-bond acceptors (Lipinski definition) is 6. The van der Waals surface area contributed by atoms with Gasteiger partial charge in [0.1, 0.15) is 11.5 Å². The first-order chi connectivity index (χ1) is 10.6. The third kappa shape index (κ3) is 3.59. The van der Waals surface area contributed by atoms with Crippen LogP contribution in [0.15, 0.2) is 22.7 Å². The number of halogens is 1. The lowest BCUT2D eigenvalue weighted by atomic mass is 9.99. The number of nitrogens with two attached hydrogens (primary N) is 1. The van der Waals surface area contributed by atoms with Gasteiger partial charge in [-0.25, -0.2) is 0 Å². The van der Waals surface area contributed by atoms with Gasteiger partial charge >= 0.3 is 0 Å². The minimum Gasteiger partial charge on any atom is -0.497 e. The average molecular weight is 340 g/mol. The van der Waals surface area contributed by atoms with E-state index in [0.717, 1.165) is 42.7 Å². The summed E-state index contributed by atoms with van der Waals surface area (Å²) in [6, 6.07) is 5.64. The van der Waals surface area contributed by atoms with Gasteiger partial charge in [0.25, 0.3) is 0 Å². The largest absolute Gasteiger partial charge is 0.497 e. The molecule has 1 heterocycles. The van der Waals surface area contributed by atoms with E-state index in [1.807, 2.05) is 18.2 Å². The number of nitrogens with zero attached hydrogens (tertiary/aromatic N) is 2. The molecule has 0 spiro atoms. The highest BCUT2D eigenvalue weighted by atomic mass is 35.5. The van der Waals surface area contributed by atoms with Gasteiger partial charge in [-0.1, -0.05) is 18.0 Å². The summed E-state index contributed by atoms with van der Waals surface area (Å²) in [4.78, 5) is 4.49. The van der Waals surface area contributed by atoms with Gasteiger partial charge in [0.05, 0.1) is 26.2 Å². The second kappa shape index (κ2) is 7.19. The minimum absolute atomic E-state index is 0. The lowest BCUT2D eigenvalue weighted by molar-refractivity contribution is 0.350. The first-order valence-electron chi connectivity index (χ1n) is 7.47. The molecule has 1 aliphatic carbocycles. The fourth-order valence-electron chi connectivity index (χ4n) is 2.94. The van der Waals surface area contributed by atoms with Crippen LogP contribution in [0.4, 0.5) is 0 Å². The molecule has 0 saturated heterocycles. The van der Waals surface area contributed by atoms with E-state index in [1.54, 1.807) is 14.2 Å². The van der Waals surface area contributed by atoms with Crippen molar-refractivity contribution in [2.75, 3.05) is 14.2 Å². The highest BCUT2D eigenvalue weighted by Gasteiger charge is 2.35. The molecule has 0 bridgehead atoms. The van der Waals surface area contributed by atoms with Gasteiger partial charge in [0.2, 0.25) is 5.89 Å². The molecule has 126 valence electrons. The van der Waals surface area contributed by atoms with Crippen molar-refractivity contribution in [2.45, 2.75) is 37.6 Å². The predicted octanol–water partition coefficient (Wildman–Crippen LogP) is 2.83. The van der Waals surface area contributed by atoms with Crippen molar-refractivity contribution in [2.24, 2.45) is 5.73 Å². The molecular formula is C16H22ClN3O3. The Morgan fingerprint density at radius 2 is 1.96 bits per heavy atom. The first-order valence-corrected chi connectivity index (χ1v) is 7.47. The zero-order valence-electron chi connectivity index (χ0n) is 13.4. The number of ether oxygens (including phenoxy) is 2. The molecule has 0 amide bonds. The number of rotatable bonds is 5. The molecule has 1 aromatic heterocycles. The van der Waals surface area contributed by atoms with Crippen LogP contribution in [-0.2, 0) is 12.0 Å². The maximum atomic E-state index is 6.36. The fraction of sp³-hybridized carbons (Fsp3) is 0.500. The number of aromatic nitrogens is 2. The Labute approximate surface area is 141 Å². The molecule has 0 aliphatic heterocycles. The van der Waals surface area contributed by atoms with Gasteiger partial charge in [-0.2, -0.15) is 4.98 Å². The number of benzene rings is 1. The molecule has 0 unspecified atom stereocenters. The van der Waals surface area contributed by atoms with Crippen LogP contribution in [0.2, 0.25) is 0 Å². The van der Waals surface area contributed by atoms with Crippen molar-refractivity contribution in [3.63, 3.8) is 0 Å². The Morgan fingerprint density at radius 3 is 2.61 bits per heavy atom. The van der Waals surface area contributed by atoms with Crippen molar-refractivity contribution < 1.29 is 14.0 Å². The van der Waals surface area contributed by atoms with Crippen LogP contribution >= 0.6 is 12.4 Å². The van der Waals surface area contributed by atoms with Crippen molar-refractivity contribution in [3.05, 3.63) is 35.5 Å². The maximum absolute atomic E-state index is 6.36. The third-order valence-corrected chi connectivity index (χ3v) is 4.24. The minimum atomic E-state index is -0.430. The Bertz CT molecular complexity index is 654. The lowest BCUT2D eigenvalue weighted by Crippen LogP contribution is -2.34. The zero-order chi connectivity index (χ0) is 15.6. The van der Waals surface area contributed by atoms with Gasteiger partial charge in [0, 0.05) is 5.56 Å². The van der Waals surface area contributed by atoms with Crippen molar-refractivity contribution in [1.29, 1.82) is 0 Å². The van der Waals surface area contributed by atoms with Gasteiger partial charge in [0.15, 0.2) is 5.82 Å². The van der Waals surface area contributed by atoms with E-state index in [-0.39, 0.29) is 12.4 Å². The maximum Gasteiger partial charge on any atom is 0.231 e. The number of methoxy groups -OCH3 is 2. The molecule has 23 heavy (non-hydrogen) atoms. The standard InChI is InChI=1S/C16H21N3O3.ClH/c1-20-12-5-6-13(21-2)11(9-12)10-14-18-15(19-22-14)16(17)7-3-4-8-16;/h5-6,9H,3-4,7-8,10,17H2,1-2H3;1H. The molecule has 0 radical (unpaired) electrons. The van der Waals surface area contributed by atoms with Gasteiger partial charge in [-0.05, 0) is 31.0 Å². The van der Waals surface area contributed by atoms with E-state index in [0.29, 0.717) is 18.1 Å². The number of hydrogen-bond donors (Lipinski definition) is 1. The van der Waals surface area contributed by atoms with E-state index in [9.17, 15) is 0 Å². The van der Waals surface area contributed by atoms with Crippen molar-refractivity contribution >= 4 is 12.4 Å². The van der Waals surface area contributed by atoms with Crippen LogP contribution in [0.5, 0.6) is 11.5 Å². The SMILES string of the molecule is COc1ccc(OC)c(Cc2nc(C3(N)CCCC3)no2)c1.Cl. The second-order valence-corrected chi connectivity index (χ2v) is 5.73. The molecule has 6 nitrogen and oxygen atoms in total. The van der Waals surface area contributed by atoms with Crippen LogP contribution < -0.4 is 15.2 Å². The van der Waals surface area contributed by atoms with E-state index < -0.39 is 5.54 Å². The fourth-order valence-corrected chi connectivity index (χ4v) is 2.94. The average Bonchev–Trinajstić information content (AvgIpc) is 3.17. The zero-order valence-corrected chi connectivity index (χ0v) is 14.2. The highest BCUT2D eigenvalue weighted by molar-refractivity contribution is 5.85.